The van der Waals surface area contributed by atoms with E-state index in [1.54, 1.807) is 0 Å². The molecule has 1 aromatic carbocycles. The quantitative estimate of drug-likeness (QED) is 0.842. The van der Waals surface area contributed by atoms with E-state index >= 15 is 0 Å². The lowest BCUT2D eigenvalue weighted by molar-refractivity contribution is -0.127. The van der Waals surface area contributed by atoms with E-state index in [1.807, 2.05) is 52.0 Å². The van der Waals surface area contributed by atoms with Gasteiger partial charge >= 0.3 is 0 Å². The van der Waals surface area contributed by atoms with Crippen molar-refractivity contribution < 1.29 is 4.79 Å². The van der Waals surface area contributed by atoms with Crippen LogP contribution in [0, 0.1) is 0 Å². The van der Waals surface area contributed by atoms with Crippen LogP contribution in [0.1, 0.15) is 33.3 Å². The van der Waals surface area contributed by atoms with Gasteiger partial charge in [-0.1, -0.05) is 30.7 Å². The number of hydrogen-bond donors (Lipinski definition) is 2. The molecule has 4 heteroatoms. The third-order valence-corrected chi connectivity index (χ3v) is 3.23. The molecule has 0 aliphatic heterocycles. The number of hydrogen-bond acceptors (Lipinski definition) is 2. The molecule has 1 atom stereocenters. The van der Waals surface area contributed by atoms with E-state index in [-0.39, 0.29) is 11.9 Å². The van der Waals surface area contributed by atoms with Crippen LogP contribution >= 0.6 is 11.6 Å². The molecule has 0 saturated carbocycles. The van der Waals surface area contributed by atoms with Crippen LogP contribution in [0.5, 0.6) is 0 Å². The Balaban J connectivity index is 2.56. The smallest absolute Gasteiger partial charge is 0.239 e. The lowest BCUT2D eigenvalue weighted by Crippen LogP contribution is -2.54. The zero-order chi connectivity index (χ0) is 14.5. The van der Waals surface area contributed by atoms with E-state index in [9.17, 15) is 4.79 Å². The maximum atomic E-state index is 12.1. The van der Waals surface area contributed by atoms with Crippen molar-refractivity contribution in [2.45, 2.75) is 45.7 Å². The number of amides is 1. The van der Waals surface area contributed by atoms with Crippen molar-refractivity contribution >= 4 is 17.5 Å². The molecule has 0 aliphatic carbocycles. The molecule has 0 bridgehead atoms. The highest BCUT2D eigenvalue weighted by Gasteiger charge is 2.26. The van der Waals surface area contributed by atoms with Crippen molar-refractivity contribution in [3.63, 3.8) is 0 Å². The van der Waals surface area contributed by atoms with Crippen LogP contribution in [0.25, 0.3) is 0 Å². The van der Waals surface area contributed by atoms with Crippen molar-refractivity contribution in [1.29, 1.82) is 0 Å². The first-order valence-corrected chi connectivity index (χ1v) is 7.03. The summed E-state index contributed by atoms with van der Waals surface area (Å²) < 4.78 is 0. The van der Waals surface area contributed by atoms with Gasteiger partial charge in [0.15, 0.2) is 0 Å². The predicted molar refractivity (Wildman–Crippen MR) is 80.5 cm³/mol. The largest absolute Gasteiger partial charge is 0.352 e. The van der Waals surface area contributed by atoms with E-state index in [1.165, 1.54) is 0 Å². The van der Waals surface area contributed by atoms with Gasteiger partial charge in [-0.2, -0.15) is 0 Å². The zero-order valence-electron chi connectivity index (χ0n) is 12.1. The fraction of sp³-hybridized carbons (Fsp3) is 0.533. The average Bonchev–Trinajstić information content (AvgIpc) is 2.28. The summed E-state index contributed by atoms with van der Waals surface area (Å²) in [5.74, 6) is 0.0175. The number of carbonyl (C=O) groups excluding carboxylic acids is 1. The molecule has 1 unspecified atom stereocenters. The standard InChI is InChI=1S/C15H23ClN2O/c1-5-17-15(3,4)14(19)18-11(2)9-12-7-6-8-13(16)10-12/h6-8,10-11,17H,5,9H2,1-4H3,(H,18,19). The minimum absolute atomic E-state index is 0.0175. The Morgan fingerprint density at radius 3 is 2.68 bits per heavy atom. The molecule has 0 aliphatic rings. The summed E-state index contributed by atoms with van der Waals surface area (Å²) in [6.07, 6.45) is 0.772. The first-order valence-electron chi connectivity index (χ1n) is 6.65. The lowest BCUT2D eigenvalue weighted by atomic mass is 10.0. The Labute approximate surface area is 120 Å². The molecule has 1 amide bonds. The average molecular weight is 283 g/mol. The van der Waals surface area contributed by atoms with Gasteiger partial charge in [0.05, 0.1) is 5.54 Å². The number of likely N-dealkylation sites (N-methyl/N-ethyl adjacent to an activating group) is 1. The highest BCUT2D eigenvalue weighted by Crippen LogP contribution is 2.12. The maximum Gasteiger partial charge on any atom is 0.239 e. The van der Waals surface area contributed by atoms with Crippen molar-refractivity contribution in [3.05, 3.63) is 34.9 Å². The summed E-state index contributed by atoms with van der Waals surface area (Å²) in [7, 11) is 0. The number of benzene rings is 1. The van der Waals surface area contributed by atoms with Gasteiger partial charge in [0.2, 0.25) is 5.91 Å². The second-order valence-corrected chi connectivity index (χ2v) is 5.80. The van der Waals surface area contributed by atoms with Crippen LogP contribution in [0.3, 0.4) is 0 Å². The zero-order valence-corrected chi connectivity index (χ0v) is 12.8. The number of rotatable bonds is 6. The molecule has 1 aromatic rings. The Bertz CT molecular complexity index is 432. The second-order valence-electron chi connectivity index (χ2n) is 5.36. The van der Waals surface area contributed by atoms with Gasteiger partial charge in [0.25, 0.3) is 0 Å². The third kappa shape index (κ3) is 5.21. The number of nitrogens with one attached hydrogen (secondary N) is 2. The summed E-state index contributed by atoms with van der Waals surface area (Å²) >= 11 is 5.95. The first kappa shape index (κ1) is 16.0. The minimum atomic E-state index is -0.544. The topological polar surface area (TPSA) is 41.1 Å². The molecule has 0 fully saturated rings. The van der Waals surface area contributed by atoms with Gasteiger partial charge in [-0.3, -0.25) is 4.79 Å². The van der Waals surface area contributed by atoms with Gasteiger partial charge in [-0.25, -0.2) is 0 Å². The van der Waals surface area contributed by atoms with E-state index < -0.39 is 5.54 Å². The SMILES string of the molecule is CCNC(C)(C)C(=O)NC(C)Cc1cccc(Cl)c1. The number of carbonyl (C=O) groups is 1. The molecular formula is C15H23ClN2O. The monoisotopic (exact) mass is 282 g/mol. The molecule has 0 spiro atoms. The van der Waals surface area contributed by atoms with Crippen LogP contribution in [0.2, 0.25) is 5.02 Å². The van der Waals surface area contributed by atoms with Crippen molar-refractivity contribution in [2.75, 3.05) is 6.54 Å². The Kier molecular flexibility index (Phi) is 5.83. The second kappa shape index (κ2) is 6.92. The predicted octanol–water partition coefficient (Wildman–Crippen LogP) is 2.78. The molecule has 1 rings (SSSR count). The Morgan fingerprint density at radius 1 is 1.42 bits per heavy atom. The molecule has 2 N–H and O–H groups in total. The van der Waals surface area contributed by atoms with Gasteiger partial charge in [-0.05, 0) is 51.4 Å². The van der Waals surface area contributed by atoms with Crippen LogP contribution in [-0.2, 0) is 11.2 Å². The summed E-state index contributed by atoms with van der Waals surface area (Å²) in [5, 5.41) is 6.92. The molecule has 0 aromatic heterocycles. The van der Waals surface area contributed by atoms with E-state index in [0.717, 1.165) is 23.6 Å². The highest BCUT2D eigenvalue weighted by atomic mass is 35.5. The fourth-order valence-corrected chi connectivity index (χ4v) is 2.21. The van der Waals surface area contributed by atoms with Gasteiger partial charge in [0.1, 0.15) is 0 Å². The van der Waals surface area contributed by atoms with Gasteiger partial charge in [-0.15, -0.1) is 0 Å². The summed E-state index contributed by atoms with van der Waals surface area (Å²) in [6.45, 7) is 8.53. The highest BCUT2D eigenvalue weighted by molar-refractivity contribution is 6.30. The van der Waals surface area contributed by atoms with Gasteiger partial charge in [0, 0.05) is 11.1 Å². The Hall–Kier alpha value is -1.06. The molecule has 0 saturated heterocycles. The van der Waals surface area contributed by atoms with Crippen LogP contribution < -0.4 is 10.6 Å². The summed E-state index contributed by atoms with van der Waals surface area (Å²) in [4.78, 5) is 12.1. The van der Waals surface area contributed by atoms with Crippen LogP contribution in [0.4, 0.5) is 0 Å². The maximum absolute atomic E-state index is 12.1. The molecule has 3 nitrogen and oxygen atoms in total. The van der Waals surface area contributed by atoms with Crippen molar-refractivity contribution in [1.82, 2.24) is 10.6 Å². The minimum Gasteiger partial charge on any atom is -0.352 e. The number of halogens is 1. The molecule has 106 valence electrons. The van der Waals surface area contributed by atoms with Crippen molar-refractivity contribution in [3.8, 4) is 0 Å². The molecular weight excluding hydrogens is 260 g/mol. The molecule has 0 heterocycles. The fourth-order valence-electron chi connectivity index (χ4n) is 1.99. The summed E-state index contributed by atoms with van der Waals surface area (Å²) in [6, 6.07) is 7.80. The third-order valence-electron chi connectivity index (χ3n) is 2.99. The van der Waals surface area contributed by atoms with E-state index in [4.69, 9.17) is 11.6 Å². The first-order chi connectivity index (χ1) is 8.85. The van der Waals surface area contributed by atoms with E-state index in [0.29, 0.717) is 0 Å². The van der Waals surface area contributed by atoms with Crippen LogP contribution in [-0.4, -0.2) is 24.0 Å². The molecule has 0 radical (unpaired) electrons. The van der Waals surface area contributed by atoms with Crippen LogP contribution in [0.15, 0.2) is 24.3 Å². The van der Waals surface area contributed by atoms with Crippen molar-refractivity contribution in [2.24, 2.45) is 0 Å². The molecule has 19 heavy (non-hydrogen) atoms. The normalized spacial score (nSPS) is 13.1. The summed E-state index contributed by atoms with van der Waals surface area (Å²) in [5.41, 5.74) is 0.582. The van der Waals surface area contributed by atoms with E-state index in [2.05, 4.69) is 10.6 Å². The lowest BCUT2D eigenvalue weighted by Gasteiger charge is -2.26. The Morgan fingerprint density at radius 2 is 2.11 bits per heavy atom. The van der Waals surface area contributed by atoms with Gasteiger partial charge < -0.3 is 10.6 Å².